The van der Waals surface area contributed by atoms with Gasteiger partial charge in [0.25, 0.3) is 0 Å². The zero-order chi connectivity index (χ0) is 13.0. The standard InChI is InChI=1S/C14H20ClNO2/c1-13(2)9-4-5-14(13,3)11(6-9)18-12-16-10(7-15)8-17-12/h8-9,11H,4-7H2,1-3H3. The lowest BCUT2D eigenvalue weighted by atomic mass is 9.70. The van der Waals surface area contributed by atoms with E-state index in [-0.39, 0.29) is 11.5 Å². The number of ether oxygens (including phenoxy) is 1. The number of oxazole rings is 1. The van der Waals surface area contributed by atoms with Crippen LogP contribution in [0.5, 0.6) is 6.08 Å². The molecule has 3 atom stereocenters. The van der Waals surface area contributed by atoms with Crippen LogP contribution in [-0.4, -0.2) is 11.1 Å². The third-order valence-corrected chi connectivity index (χ3v) is 5.90. The van der Waals surface area contributed by atoms with E-state index in [0.717, 1.165) is 18.0 Å². The second kappa shape index (κ2) is 3.89. The molecule has 2 saturated carbocycles. The average Bonchev–Trinajstić information content (AvgIpc) is 2.92. The summed E-state index contributed by atoms with van der Waals surface area (Å²) < 4.78 is 11.3. The third kappa shape index (κ3) is 1.52. The number of aromatic nitrogens is 1. The Morgan fingerprint density at radius 3 is 2.78 bits per heavy atom. The fraction of sp³-hybridized carbons (Fsp3) is 0.786. The summed E-state index contributed by atoms with van der Waals surface area (Å²) in [6.07, 6.45) is 5.83. The van der Waals surface area contributed by atoms with Crippen molar-refractivity contribution < 1.29 is 9.15 Å². The second-order valence-corrected chi connectivity index (χ2v) is 6.72. The van der Waals surface area contributed by atoms with Crippen molar-refractivity contribution in [1.82, 2.24) is 4.98 Å². The topological polar surface area (TPSA) is 35.3 Å². The molecule has 2 fully saturated rings. The first-order valence-electron chi connectivity index (χ1n) is 6.64. The maximum absolute atomic E-state index is 5.99. The van der Waals surface area contributed by atoms with Gasteiger partial charge < -0.3 is 9.15 Å². The van der Waals surface area contributed by atoms with Crippen LogP contribution < -0.4 is 4.74 Å². The van der Waals surface area contributed by atoms with Gasteiger partial charge in [0.05, 0.1) is 11.6 Å². The highest BCUT2D eigenvalue weighted by Gasteiger charge is 2.62. The van der Waals surface area contributed by atoms with Gasteiger partial charge in [-0.3, -0.25) is 0 Å². The Hall–Kier alpha value is -0.700. The predicted octanol–water partition coefficient (Wildman–Crippen LogP) is 4.01. The van der Waals surface area contributed by atoms with Gasteiger partial charge in [0.15, 0.2) is 0 Å². The SMILES string of the molecule is CC1(C)C2CCC1(C)C(Oc1nc(CCl)co1)C2. The molecule has 2 bridgehead atoms. The van der Waals surface area contributed by atoms with Crippen LogP contribution in [0.25, 0.3) is 0 Å². The largest absolute Gasteiger partial charge is 0.446 e. The van der Waals surface area contributed by atoms with E-state index in [2.05, 4.69) is 25.8 Å². The number of hydrogen-bond acceptors (Lipinski definition) is 3. The van der Waals surface area contributed by atoms with Crippen LogP contribution in [-0.2, 0) is 5.88 Å². The van der Waals surface area contributed by atoms with E-state index in [1.807, 2.05) is 0 Å². The molecule has 0 aromatic carbocycles. The fourth-order valence-electron chi connectivity index (χ4n) is 3.83. The van der Waals surface area contributed by atoms with Crippen LogP contribution in [0, 0.1) is 16.7 Å². The van der Waals surface area contributed by atoms with Crippen molar-refractivity contribution >= 4 is 11.6 Å². The van der Waals surface area contributed by atoms with Crippen LogP contribution in [0.3, 0.4) is 0 Å². The molecule has 3 unspecified atom stereocenters. The van der Waals surface area contributed by atoms with E-state index in [0.29, 0.717) is 17.4 Å². The summed E-state index contributed by atoms with van der Waals surface area (Å²) in [5.41, 5.74) is 1.31. The highest BCUT2D eigenvalue weighted by Crippen LogP contribution is 2.66. The summed E-state index contributed by atoms with van der Waals surface area (Å²) in [4.78, 5) is 4.23. The van der Waals surface area contributed by atoms with Gasteiger partial charge >= 0.3 is 6.08 Å². The van der Waals surface area contributed by atoms with E-state index < -0.39 is 0 Å². The molecule has 1 aromatic rings. The van der Waals surface area contributed by atoms with Crippen molar-refractivity contribution in [3.8, 4) is 6.08 Å². The van der Waals surface area contributed by atoms with Gasteiger partial charge in [0, 0.05) is 5.41 Å². The highest BCUT2D eigenvalue weighted by atomic mass is 35.5. The summed E-state index contributed by atoms with van der Waals surface area (Å²) in [6.45, 7) is 7.08. The average molecular weight is 270 g/mol. The van der Waals surface area contributed by atoms with Crippen LogP contribution in [0.1, 0.15) is 45.7 Å². The van der Waals surface area contributed by atoms with Gasteiger partial charge in [-0.2, -0.15) is 4.98 Å². The molecule has 0 aliphatic heterocycles. The van der Waals surface area contributed by atoms with E-state index in [4.69, 9.17) is 20.8 Å². The lowest BCUT2D eigenvalue weighted by Gasteiger charge is -2.38. The molecule has 3 nitrogen and oxygen atoms in total. The van der Waals surface area contributed by atoms with Crippen molar-refractivity contribution in [3.63, 3.8) is 0 Å². The molecule has 4 heteroatoms. The third-order valence-electron chi connectivity index (χ3n) is 5.62. The van der Waals surface area contributed by atoms with Crippen molar-refractivity contribution in [2.75, 3.05) is 0 Å². The summed E-state index contributed by atoms with van der Waals surface area (Å²) in [7, 11) is 0. The normalized spacial score (nSPS) is 37.1. The Kier molecular flexibility index (Phi) is 2.67. The number of halogens is 1. The number of nitrogens with zero attached hydrogens (tertiary/aromatic N) is 1. The number of hydrogen-bond donors (Lipinski definition) is 0. The highest BCUT2D eigenvalue weighted by molar-refractivity contribution is 6.16. The molecule has 2 aliphatic rings. The van der Waals surface area contributed by atoms with Crippen molar-refractivity contribution in [1.29, 1.82) is 0 Å². The van der Waals surface area contributed by atoms with E-state index >= 15 is 0 Å². The minimum absolute atomic E-state index is 0.216. The van der Waals surface area contributed by atoms with Gasteiger partial charge in [-0.25, -0.2) is 0 Å². The summed E-state index contributed by atoms with van der Waals surface area (Å²) in [6, 6.07) is 0. The first-order chi connectivity index (χ1) is 8.47. The van der Waals surface area contributed by atoms with Crippen LogP contribution in [0.4, 0.5) is 0 Å². The Morgan fingerprint density at radius 2 is 2.28 bits per heavy atom. The molecule has 0 saturated heterocycles. The Balaban J connectivity index is 1.79. The maximum Gasteiger partial charge on any atom is 0.394 e. The van der Waals surface area contributed by atoms with Crippen molar-refractivity contribution in [2.45, 2.75) is 52.0 Å². The quantitative estimate of drug-likeness (QED) is 0.778. The lowest BCUT2D eigenvalue weighted by Crippen LogP contribution is -2.38. The minimum Gasteiger partial charge on any atom is -0.446 e. The van der Waals surface area contributed by atoms with Crippen molar-refractivity contribution in [2.24, 2.45) is 16.7 Å². The fourth-order valence-corrected chi connectivity index (χ4v) is 3.96. The minimum atomic E-state index is 0.216. The summed E-state index contributed by atoms with van der Waals surface area (Å²) in [5.74, 6) is 1.12. The molecule has 1 heterocycles. The molecule has 3 rings (SSSR count). The van der Waals surface area contributed by atoms with E-state index in [1.165, 1.54) is 12.8 Å². The predicted molar refractivity (Wildman–Crippen MR) is 69.7 cm³/mol. The molecule has 100 valence electrons. The second-order valence-electron chi connectivity index (χ2n) is 6.46. The molecular formula is C14H20ClNO2. The Morgan fingerprint density at radius 1 is 1.50 bits per heavy atom. The van der Waals surface area contributed by atoms with E-state index in [1.54, 1.807) is 6.26 Å². The molecule has 0 amide bonds. The molecule has 0 spiro atoms. The monoisotopic (exact) mass is 269 g/mol. The van der Waals surface area contributed by atoms with Crippen LogP contribution in [0.2, 0.25) is 0 Å². The van der Waals surface area contributed by atoms with Gasteiger partial charge in [-0.1, -0.05) is 20.8 Å². The molecular weight excluding hydrogens is 250 g/mol. The zero-order valence-corrected chi connectivity index (χ0v) is 12.0. The van der Waals surface area contributed by atoms with Gasteiger partial charge in [0.2, 0.25) is 0 Å². The van der Waals surface area contributed by atoms with Gasteiger partial charge in [-0.05, 0) is 30.6 Å². The van der Waals surface area contributed by atoms with Crippen LogP contribution in [0.15, 0.2) is 10.7 Å². The summed E-state index contributed by atoms with van der Waals surface area (Å²) >= 11 is 5.71. The molecule has 1 aromatic heterocycles. The zero-order valence-electron chi connectivity index (χ0n) is 11.2. The van der Waals surface area contributed by atoms with E-state index in [9.17, 15) is 0 Å². The molecule has 18 heavy (non-hydrogen) atoms. The first-order valence-corrected chi connectivity index (χ1v) is 7.18. The molecule has 0 radical (unpaired) electrons. The molecule has 2 aliphatic carbocycles. The first kappa shape index (κ1) is 12.3. The number of rotatable bonds is 3. The Bertz CT molecular complexity index is 456. The number of alkyl halides is 1. The molecule has 0 N–H and O–H groups in total. The Labute approximate surface area is 113 Å². The van der Waals surface area contributed by atoms with Gasteiger partial charge in [-0.15, -0.1) is 11.6 Å². The number of fused-ring (bicyclic) bond motifs is 2. The van der Waals surface area contributed by atoms with Crippen LogP contribution >= 0.6 is 11.6 Å². The maximum atomic E-state index is 5.99. The lowest BCUT2D eigenvalue weighted by molar-refractivity contribution is 0.0118. The summed E-state index contributed by atoms with van der Waals surface area (Å²) in [5, 5.41) is 0. The van der Waals surface area contributed by atoms with Crippen molar-refractivity contribution in [3.05, 3.63) is 12.0 Å². The van der Waals surface area contributed by atoms with Gasteiger partial charge in [0.1, 0.15) is 12.4 Å². The smallest absolute Gasteiger partial charge is 0.394 e.